The lowest BCUT2D eigenvalue weighted by atomic mass is 9.96. The molecule has 0 radical (unpaired) electrons. The van der Waals surface area contributed by atoms with Gasteiger partial charge in [-0.1, -0.05) is 37.5 Å². The van der Waals surface area contributed by atoms with Crippen LogP contribution in [0.15, 0.2) is 67.4 Å². The van der Waals surface area contributed by atoms with E-state index in [2.05, 4.69) is 49.1 Å². The van der Waals surface area contributed by atoms with Crippen molar-refractivity contribution < 1.29 is 0 Å². The maximum Gasteiger partial charge on any atom is 0.159 e. The zero-order chi connectivity index (χ0) is 20.3. The van der Waals surface area contributed by atoms with E-state index >= 15 is 0 Å². The average Bonchev–Trinajstić information content (AvgIpc) is 3.30. The molecule has 3 heterocycles. The fourth-order valence-corrected chi connectivity index (χ4v) is 4.22. The standard InChI is InChI=1S/C25H25N5/c1-18-12-20(10-11-26-18)19-6-5-7-21(13-19)25-27-14-22(15-28-25)23-16-29-30(17-23)24-8-3-2-4-9-24/h5-7,10-17,24H,2-4,8-9H2,1H3. The van der Waals surface area contributed by atoms with Crippen LogP contribution in [-0.4, -0.2) is 24.7 Å². The van der Waals surface area contributed by atoms with Crippen LogP contribution in [0.2, 0.25) is 0 Å². The van der Waals surface area contributed by atoms with Crippen LogP contribution in [0.4, 0.5) is 0 Å². The maximum atomic E-state index is 4.64. The molecule has 0 bridgehead atoms. The van der Waals surface area contributed by atoms with Gasteiger partial charge in [0.05, 0.1) is 12.2 Å². The molecule has 0 amide bonds. The van der Waals surface area contributed by atoms with Gasteiger partial charge in [0.25, 0.3) is 0 Å². The third-order valence-corrected chi connectivity index (χ3v) is 5.89. The number of benzene rings is 1. The van der Waals surface area contributed by atoms with Gasteiger partial charge in [0.15, 0.2) is 5.82 Å². The number of hydrogen-bond acceptors (Lipinski definition) is 4. The van der Waals surface area contributed by atoms with E-state index in [1.165, 1.54) is 32.1 Å². The van der Waals surface area contributed by atoms with Gasteiger partial charge in [0.2, 0.25) is 0 Å². The molecule has 1 fully saturated rings. The molecule has 150 valence electrons. The van der Waals surface area contributed by atoms with E-state index in [1.54, 1.807) is 0 Å². The van der Waals surface area contributed by atoms with Gasteiger partial charge >= 0.3 is 0 Å². The molecule has 5 rings (SSSR count). The number of nitrogens with zero attached hydrogens (tertiary/aromatic N) is 5. The number of hydrogen-bond donors (Lipinski definition) is 0. The van der Waals surface area contributed by atoms with Gasteiger partial charge in [-0.3, -0.25) is 9.67 Å². The molecule has 30 heavy (non-hydrogen) atoms. The molecular formula is C25H25N5. The van der Waals surface area contributed by atoms with Crippen molar-refractivity contribution in [1.29, 1.82) is 0 Å². The first-order valence-electron chi connectivity index (χ1n) is 10.7. The fourth-order valence-electron chi connectivity index (χ4n) is 4.22. The van der Waals surface area contributed by atoms with E-state index < -0.39 is 0 Å². The molecule has 1 saturated carbocycles. The summed E-state index contributed by atoms with van der Waals surface area (Å²) in [4.78, 5) is 13.6. The monoisotopic (exact) mass is 395 g/mol. The molecule has 0 saturated heterocycles. The topological polar surface area (TPSA) is 56.5 Å². The third kappa shape index (κ3) is 3.88. The Hall–Kier alpha value is -3.34. The summed E-state index contributed by atoms with van der Waals surface area (Å²) in [6, 6.07) is 13.0. The van der Waals surface area contributed by atoms with E-state index in [-0.39, 0.29) is 0 Å². The summed E-state index contributed by atoms with van der Waals surface area (Å²) in [6.45, 7) is 2.01. The van der Waals surface area contributed by atoms with Gasteiger partial charge in [-0.2, -0.15) is 5.10 Å². The Labute approximate surface area is 176 Å². The Kier molecular flexibility index (Phi) is 5.10. The summed E-state index contributed by atoms with van der Waals surface area (Å²) in [7, 11) is 0. The van der Waals surface area contributed by atoms with Crippen molar-refractivity contribution >= 4 is 0 Å². The molecule has 0 atom stereocenters. The normalized spacial score (nSPS) is 14.7. The van der Waals surface area contributed by atoms with Crippen molar-refractivity contribution in [3.8, 4) is 33.6 Å². The van der Waals surface area contributed by atoms with Crippen LogP contribution in [0.5, 0.6) is 0 Å². The second-order valence-corrected chi connectivity index (χ2v) is 8.06. The van der Waals surface area contributed by atoms with Gasteiger partial charge in [-0.15, -0.1) is 0 Å². The second-order valence-electron chi connectivity index (χ2n) is 8.06. The molecule has 1 aliphatic rings. The molecule has 0 unspecified atom stereocenters. The summed E-state index contributed by atoms with van der Waals surface area (Å²) in [5.41, 5.74) is 6.38. The van der Waals surface area contributed by atoms with Crippen molar-refractivity contribution in [2.75, 3.05) is 0 Å². The minimum absolute atomic E-state index is 0.534. The number of aryl methyl sites for hydroxylation is 1. The van der Waals surface area contributed by atoms with Gasteiger partial charge in [0, 0.05) is 47.2 Å². The summed E-state index contributed by atoms with van der Waals surface area (Å²) < 4.78 is 2.13. The van der Waals surface area contributed by atoms with Crippen LogP contribution in [0, 0.1) is 6.92 Å². The highest BCUT2D eigenvalue weighted by Gasteiger charge is 2.16. The van der Waals surface area contributed by atoms with Crippen molar-refractivity contribution in [1.82, 2.24) is 24.7 Å². The van der Waals surface area contributed by atoms with Gasteiger partial charge < -0.3 is 0 Å². The summed E-state index contributed by atoms with van der Waals surface area (Å²) in [5, 5.41) is 4.61. The van der Waals surface area contributed by atoms with E-state index in [4.69, 9.17) is 0 Å². The lowest BCUT2D eigenvalue weighted by Gasteiger charge is -2.21. The minimum atomic E-state index is 0.534. The quantitative estimate of drug-likeness (QED) is 0.433. The first-order valence-corrected chi connectivity index (χ1v) is 10.7. The van der Waals surface area contributed by atoms with E-state index in [1.807, 2.05) is 49.9 Å². The Bertz CT molecular complexity index is 1140. The predicted molar refractivity (Wildman–Crippen MR) is 119 cm³/mol. The molecule has 5 heteroatoms. The SMILES string of the molecule is Cc1cc(-c2cccc(-c3ncc(-c4cnn(C5CCCCC5)c4)cn3)c2)ccn1. The summed E-state index contributed by atoms with van der Waals surface area (Å²) >= 11 is 0. The van der Waals surface area contributed by atoms with Gasteiger partial charge in [-0.25, -0.2) is 9.97 Å². The molecule has 3 aromatic heterocycles. The van der Waals surface area contributed by atoms with Crippen LogP contribution < -0.4 is 0 Å². The fraction of sp³-hybridized carbons (Fsp3) is 0.280. The summed E-state index contributed by atoms with van der Waals surface area (Å²) in [5.74, 6) is 0.728. The van der Waals surface area contributed by atoms with Crippen molar-refractivity contribution in [2.45, 2.75) is 45.1 Å². The zero-order valence-electron chi connectivity index (χ0n) is 17.2. The lowest BCUT2D eigenvalue weighted by molar-refractivity contribution is 0.329. The molecule has 0 aliphatic heterocycles. The number of pyridine rings is 1. The maximum absolute atomic E-state index is 4.64. The molecule has 1 aromatic carbocycles. The molecule has 0 N–H and O–H groups in total. The first kappa shape index (κ1) is 18.7. The second kappa shape index (κ2) is 8.19. The van der Waals surface area contributed by atoms with Gasteiger partial charge in [0.1, 0.15) is 0 Å². The smallest absolute Gasteiger partial charge is 0.159 e. The van der Waals surface area contributed by atoms with E-state index in [0.29, 0.717) is 6.04 Å². The van der Waals surface area contributed by atoms with Crippen molar-refractivity contribution in [3.63, 3.8) is 0 Å². The largest absolute Gasteiger partial charge is 0.269 e. The lowest BCUT2D eigenvalue weighted by Crippen LogP contribution is -2.12. The van der Waals surface area contributed by atoms with Crippen molar-refractivity contribution in [3.05, 3.63) is 73.1 Å². The number of aromatic nitrogens is 5. The molecule has 1 aliphatic carbocycles. The average molecular weight is 396 g/mol. The summed E-state index contributed by atoms with van der Waals surface area (Å²) in [6.07, 6.45) is 16.1. The number of rotatable bonds is 4. The predicted octanol–water partition coefficient (Wildman–Crippen LogP) is 5.88. The van der Waals surface area contributed by atoms with E-state index in [9.17, 15) is 0 Å². The first-order chi connectivity index (χ1) is 14.8. The van der Waals surface area contributed by atoms with Crippen LogP contribution >= 0.6 is 0 Å². The van der Waals surface area contributed by atoms with Gasteiger partial charge in [-0.05, 0) is 49.1 Å². The highest BCUT2D eigenvalue weighted by Crippen LogP contribution is 2.30. The minimum Gasteiger partial charge on any atom is -0.269 e. The third-order valence-electron chi connectivity index (χ3n) is 5.89. The Balaban J connectivity index is 1.38. The highest BCUT2D eigenvalue weighted by atomic mass is 15.3. The molecule has 5 nitrogen and oxygen atoms in total. The Morgan fingerprint density at radius 3 is 2.33 bits per heavy atom. The Morgan fingerprint density at radius 2 is 1.53 bits per heavy atom. The molecular weight excluding hydrogens is 370 g/mol. The highest BCUT2D eigenvalue weighted by molar-refractivity contribution is 5.70. The van der Waals surface area contributed by atoms with Crippen LogP contribution in [-0.2, 0) is 0 Å². The van der Waals surface area contributed by atoms with E-state index in [0.717, 1.165) is 39.3 Å². The van der Waals surface area contributed by atoms with Crippen LogP contribution in [0.1, 0.15) is 43.8 Å². The molecule has 0 spiro atoms. The zero-order valence-corrected chi connectivity index (χ0v) is 17.2. The molecule has 4 aromatic rings. The Morgan fingerprint density at radius 1 is 0.767 bits per heavy atom. The van der Waals surface area contributed by atoms with Crippen LogP contribution in [0.3, 0.4) is 0 Å². The van der Waals surface area contributed by atoms with Crippen molar-refractivity contribution in [2.24, 2.45) is 0 Å². The van der Waals surface area contributed by atoms with Crippen LogP contribution in [0.25, 0.3) is 33.6 Å².